The normalized spacial score (nSPS) is 12.8. The number of phenols is 1. The first-order chi connectivity index (χ1) is 28.5. The molecule has 0 aliphatic carbocycles. The van der Waals surface area contributed by atoms with Crippen LogP contribution in [0.15, 0.2) is 108 Å². The Kier molecular flexibility index (Phi) is 17.0. The Morgan fingerprint density at radius 3 is 1.77 bits per heavy atom. The summed E-state index contributed by atoms with van der Waals surface area (Å²) in [7, 11) is 0. The molecule has 0 saturated carbocycles. The van der Waals surface area contributed by atoms with E-state index in [1.165, 1.54) is 6.92 Å². The molecule has 0 unspecified atom stereocenters. The van der Waals surface area contributed by atoms with E-state index in [9.17, 15) is 29.1 Å². The predicted octanol–water partition coefficient (Wildman–Crippen LogP) is 5.89. The monoisotopic (exact) mass is 822 g/mol. The molecule has 0 aromatic heterocycles. The van der Waals surface area contributed by atoms with E-state index in [2.05, 4.69) is 31.6 Å². The summed E-state index contributed by atoms with van der Waals surface area (Å²) in [6, 6.07) is 27.6. The van der Waals surface area contributed by atoms with Crippen LogP contribution in [0.25, 0.3) is 0 Å². The maximum Gasteiger partial charge on any atom is 0.437 e. The molecular formula is C45H54N6O9. The van der Waals surface area contributed by atoms with Crippen LogP contribution < -0.4 is 26.6 Å². The van der Waals surface area contributed by atoms with Gasteiger partial charge in [-0.3, -0.25) is 14.9 Å². The van der Waals surface area contributed by atoms with Crippen LogP contribution in [-0.2, 0) is 49.9 Å². The highest BCUT2D eigenvalue weighted by molar-refractivity contribution is 5.99. The number of hydrogen-bond donors (Lipinski definition) is 6. The lowest BCUT2D eigenvalue weighted by Crippen LogP contribution is -2.56. The standard InChI is InChI=1S/C45H54N6O9/c1-29-22-36(52)23-30(2)37(29)25-38(49-44(57)60-45(4,5)6)40(54)47-31(3)39(53)46-26-35(24-32-16-10-7-11-17-32)48-41(50-42(55)58-27-33-18-12-8-13-19-33)51-43(56)59-28-34-20-14-9-15-21-34/h7-23,31,35,38,52H,24-28H2,1-6H3,(H,46,53)(H,47,54)(H,49,57)(H2,48,50,51,55,56)/t31-,35+,38+/m1/s1. The third-order valence-electron chi connectivity index (χ3n) is 8.88. The number of phenolic OH excluding ortho intramolecular Hbond substituents is 1. The van der Waals surface area contributed by atoms with Crippen molar-refractivity contribution in [2.24, 2.45) is 4.99 Å². The number of rotatable bonds is 15. The topological polar surface area (TPSA) is 206 Å². The first-order valence-electron chi connectivity index (χ1n) is 19.5. The second-order valence-corrected chi connectivity index (χ2v) is 15.2. The van der Waals surface area contributed by atoms with Gasteiger partial charge in [-0.05, 0) is 93.5 Å². The maximum atomic E-state index is 13.7. The molecule has 0 aliphatic heterocycles. The van der Waals surface area contributed by atoms with Gasteiger partial charge in [-0.1, -0.05) is 91.0 Å². The van der Waals surface area contributed by atoms with Crippen LogP contribution >= 0.6 is 0 Å². The molecule has 0 spiro atoms. The highest BCUT2D eigenvalue weighted by Gasteiger charge is 2.29. The fourth-order valence-corrected chi connectivity index (χ4v) is 5.97. The van der Waals surface area contributed by atoms with Gasteiger partial charge < -0.3 is 40.6 Å². The van der Waals surface area contributed by atoms with E-state index in [1.54, 1.807) is 95.3 Å². The van der Waals surface area contributed by atoms with Gasteiger partial charge in [0.2, 0.25) is 17.8 Å². The van der Waals surface area contributed by atoms with Gasteiger partial charge in [-0.2, -0.15) is 0 Å². The van der Waals surface area contributed by atoms with Gasteiger partial charge in [-0.15, -0.1) is 4.99 Å². The third kappa shape index (κ3) is 16.2. The van der Waals surface area contributed by atoms with E-state index in [4.69, 9.17) is 14.2 Å². The van der Waals surface area contributed by atoms with Crippen LogP contribution in [-0.4, -0.2) is 71.4 Å². The van der Waals surface area contributed by atoms with E-state index in [0.717, 1.165) is 22.3 Å². The van der Waals surface area contributed by atoms with Crippen molar-refractivity contribution < 1.29 is 43.3 Å². The van der Waals surface area contributed by atoms with Crippen LogP contribution in [0.1, 0.15) is 61.1 Å². The molecule has 0 aliphatic rings. The number of hydrogen-bond acceptors (Lipinski definition) is 9. The van der Waals surface area contributed by atoms with Crippen molar-refractivity contribution in [3.63, 3.8) is 0 Å². The Labute approximate surface area is 350 Å². The average Bonchev–Trinajstić information content (AvgIpc) is 3.19. The fraction of sp³-hybridized carbons (Fsp3) is 0.333. The van der Waals surface area contributed by atoms with E-state index in [-0.39, 0.29) is 37.9 Å². The molecule has 0 radical (unpaired) electrons. The third-order valence-corrected chi connectivity index (χ3v) is 8.88. The molecule has 318 valence electrons. The smallest absolute Gasteiger partial charge is 0.437 e. The minimum atomic E-state index is -1.14. The van der Waals surface area contributed by atoms with Gasteiger partial charge in [-0.25, -0.2) is 14.4 Å². The van der Waals surface area contributed by atoms with Crippen molar-refractivity contribution in [3.8, 4) is 5.75 Å². The van der Waals surface area contributed by atoms with Gasteiger partial charge in [0, 0.05) is 13.0 Å². The minimum Gasteiger partial charge on any atom is -0.508 e. The molecule has 0 fully saturated rings. The SMILES string of the molecule is Cc1cc(O)cc(C)c1C[C@H](NC(=O)OC(C)(C)C)C(=O)N[C@H](C)C(=O)NC[C@H](Cc1ccccc1)N/C(=N\C(=O)OCc1ccccc1)NC(=O)OCc1ccccc1. The molecule has 60 heavy (non-hydrogen) atoms. The fourth-order valence-electron chi connectivity index (χ4n) is 5.97. The number of amides is 5. The van der Waals surface area contributed by atoms with Crippen molar-refractivity contribution in [2.45, 2.75) is 91.3 Å². The van der Waals surface area contributed by atoms with Gasteiger partial charge in [0.1, 0.15) is 36.6 Å². The van der Waals surface area contributed by atoms with Gasteiger partial charge in [0.25, 0.3) is 0 Å². The Morgan fingerprint density at radius 2 is 1.22 bits per heavy atom. The highest BCUT2D eigenvalue weighted by atomic mass is 16.6. The zero-order valence-corrected chi connectivity index (χ0v) is 34.7. The summed E-state index contributed by atoms with van der Waals surface area (Å²) < 4.78 is 16.1. The number of guanidine groups is 1. The van der Waals surface area contributed by atoms with E-state index >= 15 is 0 Å². The van der Waals surface area contributed by atoms with Crippen LogP contribution in [0, 0.1) is 13.8 Å². The van der Waals surface area contributed by atoms with Gasteiger partial charge >= 0.3 is 18.3 Å². The average molecular weight is 823 g/mol. The number of nitrogens with one attached hydrogen (secondary N) is 5. The van der Waals surface area contributed by atoms with Crippen LogP contribution in [0.5, 0.6) is 5.75 Å². The number of nitrogens with zero attached hydrogens (tertiary/aromatic N) is 1. The molecule has 5 amide bonds. The first kappa shape index (κ1) is 45.8. The summed E-state index contributed by atoms with van der Waals surface area (Å²) in [5.41, 5.74) is 3.65. The summed E-state index contributed by atoms with van der Waals surface area (Å²) in [5, 5.41) is 23.8. The summed E-state index contributed by atoms with van der Waals surface area (Å²) >= 11 is 0. The second kappa shape index (κ2) is 22.3. The number of aromatic hydroxyl groups is 1. The van der Waals surface area contributed by atoms with Crippen LogP contribution in [0.4, 0.5) is 14.4 Å². The Hall–Kier alpha value is -6.90. The molecule has 0 bridgehead atoms. The van der Waals surface area contributed by atoms with E-state index in [0.29, 0.717) is 17.5 Å². The number of aliphatic imine (C=N–C) groups is 1. The molecule has 6 N–H and O–H groups in total. The Balaban J connectivity index is 1.49. The summed E-state index contributed by atoms with van der Waals surface area (Å²) in [4.78, 5) is 70.1. The van der Waals surface area contributed by atoms with Crippen LogP contribution in [0.3, 0.4) is 0 Å². The van der Waals surface area contributed by atoms with Crippen molar-refractivity contribution in [1.29, 1.82) is 0 Å². The van der Waals surface area contributed by atoms with Gasteiger partial charge in [0.05, 0.1) is 6.04 Å². The Morgan fingerprint density at radius 1 is 0.683 bits per heavy atom. The van der Waals surface area contributed by atoms with Gasteiger partial charge in [0.15, 0.2) is 0 Å². The van der Waals surface area contributed by atoms with Crippen molar-refractivity contribution in [1.82, 2.24) is 26.6 Å². The first-order valence-corrected chi connectivity index (χ1v) is 19.5. The molecule has 15 heteroatoms. The lowest BCUT2D eigenvalue weighted by Gasteiger charge is -2.26. The maximum absolute atomic E-state index is 13.7. The summed E-state index contributed by atoms with van der Waals surface area (Å²) in [6.07, 6.45) is -2.35. The quantitative estimate of drug-likeness (QED) is 0.0477. The second-order valence-electron chi connectivity index (χ2n) is 15.2. The molecule has 15 nitrogen and oxygen atoms in total. The number of ether oxygens (including phenoxy) is 3. The van der Waals surface area contributed by atoms with E-state index in [1.807, 2.05) is 42.5 Å². The van der Waals surface area contributed by atoms with Crippen molar-refractivity contribution in [2.75, 3.05) is 6.54 Å². The number of benzene rings is 4. The molecule has 4 rings (SSSR count). The number of aryl methyl sites for hydroxylation is 2. The van der Waals surface area contributed by atoms with Crippen LogP contribution in [0.2, 0.25) is 0 Å². The molecular weight excluding hydrogens is 769 g/mol. The molecule has 0 saturated heterocycles. The van der Waals surface area contributed by atoms with E-state index < -0.39 is 53.8 Å². The molecule has 0 heterocycles. The minimum absolute atomic E-state index is 0.0478. The van der Waals surface area contributed by atoms with Crippen molar-refractivity contribution in [3.05, 3.63) is 137 Å². The zero-order chi connectivity index (χ0) is 43.7. The summed E-state index contributed by atoms with van der Waals surface area (Å²) in [5.74, 6) is -1.41. The molecule has 4 aromatic carbocycles. The number of carbonyl (C=O) groups is 5. The highest BCUT2D eigenvalue weighted by Crippen LogP contribution is 2.22. The lowest BCUT2D eigenvalue weighted by molar-refractivity contribution is -0.129. The predicted molar refractivity (Wildman–Crippen MR) is 226 cm³/mol. The number of carbonyl (C=O) groups excluding carboxylic acids is 5. The number of alkyl carbamates (subject to hydrolysis) is 2. The zero-order valence-electron chi connectivity index (χ0n) is 34.7. The lowest BCUT2D eigenvalue weighted by atomic mass is 9.95. The largest absolute Gasteiger partial charge is 0.508 e. The van der Waals surface area contributed by atoms with Crippen molar-refractivity contribution >= 4 is 36.1 Å². The Bertz CT molecular complexity index is 2070. The molecule has 4 aromatic rings. The summed E-state index contributed by atoms with van der Waals surface area (Å²) in [6.45, 7) is 9.99. The molecule has 3 atom stereocenters.